The van der Waals surface area contributed by atoms with Gasteiger partial charge in [-0.25, -0.2) is 4.39 Å². The third-order valence-electron chi connectivity index (χ3n) is 7.46. The number of aliphatic hydroxyl groups is 1. The molecular formula is C34H37FN4O5. The van der Waals surface area contributed by atoms with Crippen LogP contribution in [-0.2, 0) is 22.4 Å². The van der Waals surface area contributed by atoms with Crippen LogP contribution in [0.15, 0.2) is 73.1 Å². The van der Waals surface area contributed by atoms with Crippen LogP contribution in [0.2, 0.25) is 0 Å². The highest BCUT2D eigenvalue weighted by molar-refractivity contribution is 5.95. The average Bonchev–Trinajstić information content (AvgIpc) is 3.53. The number of amides is 1. The van der Waals surface area contributed by atoms with Crippen LogP contribution in [-0.4, -0.2) is 77.2 Å². The number of benzene rings is 2. The molecular weight excluding hydrogens is 563 g/mol. The van der Waals surface area contributed by atoms with E-state index in [-0.39, 0.29) is 43.1 Å². The first kappa shape index (κ1) is 31.1. The lowest BCUT2D eigenvalue weighted by Crippen LogP contribution is -2.44. The van der Waals surface area contributed by atoms with E-state index in [0.29, 0.717) is 53.7 Å². The second kappa shape index (κ2) is 14.9. The summed E-state index contributed by atoms with van der Waals surface area (Å²) in [6.45, 7) is 5.39. The Hall–Kier alpha value is -4.38. The number of aromatic amines is 1. The fourth-order valence-corrected chi connectivity index (χ4v) is 5.15. The van der Waals surface area contributed by atoms with Crippen LogP contribution >= 0.6 is 0 Å². The van der Waals surface area contributed by atoms with Gasteiger partial charge < -0.3 is 24.9 Å². The Kier molecular flexibility index (Phi) is 10.5. The maximum atomic E-state index is 14.0. The number of aryl methyl sites for hydroxylation is 1. The van der Waals surface area contributed by atoms with Crippen molar-refractivity contribution < 1.29 is 28.6 Å². The number of ether oxygens (including phenoxy) is 2. The standard InChI is InChI=1S/C34H37FN4O5/c1-23-3-8-31(35)25(15-23)17-27(41)16-24-4-6-28(7-5-24)44-29-9-11-36-33(19-29)32-18-26(20-38-32)34(42)37-10-2-12-39-13-14-43-30(21-39)22-40/h3-9,11,15,18-20,30,38,40H,2,10,12-14,16-17,21-22H2,1H3,(H,37,42). The number of halogens is 1. The van der Waals surface area contributed by atoms with Crippen molar-refractivity contribution in [3.8, 4) is 22.9 Å². The maximum Gasteiger partial charge on any atom is 0.252 e. The van der Waals surface area contributed by atoms with E-state index in [9.17, 15) is 19.1 Å². The van der Waals surface area contributed by atoms with E-state index in [0.717, 1.165) is 30.6 Å². The summed E-state index contributed by atoms with van der Waals surface area (Å²) in [5.74, 6) is 0.570. The molecule has 1 saturated heterocycles. The summed E-state index contributed by atoms with van der Waals surface area (Å²) < 4.78 is 25.5. The summed E-state index contributed by atoms with van der Waals surface area (Å²) in [4.78, 5) is 35.0. The molecule has 0 radical (unpaired) electrons. The molecule has 0 aliphatic carbocycles. The van der Waals surface area contributed by atoms with Gasteiger partial charge in [0.15, 0.2) is 0 Å². The van der Waals surface area contributed by atoms with Gasteiger partial charge in [0.25, 0.3) is 5.91 Å². The Morgan fingerprint density at radius 3 is 2.77 bits per heavy atom. The number of H-pyrrole nitrogens is 1. The molecule has 5 rings (SSSR count). The first-order chi connectivity index (χ1) is 21.4. The molecule has 230 valence electrons. The number of carbonyl (C=O) groups excluding carboxylic acids is 2. The van der Waals surface area contributed by atoms with E-state index in [4.69, 9.17) is 9.47 Å². The molecule has 1 aliphatic rings. The molecule has 10 heteroatoms. The highest BCUT2D eigenvalue weighted by Crippen LogP contribution is 2.26. The third-order valence-corrected chi connectivity index (χ3v) is 7.46. The predicted octanol–water partition coefficient (Wildman–Crippen LogP) is 4.48. The van der Waals surface area contributed by atoms with Gasteiger partial charge in [-0.05, 0) is 54.8 Å². The Balaban J connectivity index is 1.10. The van der Waals surface area contributed by atoms with Crippen molar-refractivity contribution in [2.24, 2.45) is 0 Å². The second-order valence-corrected chi connectivity index (χ2v) is 11.0. The van der Waals surface area contributed by atoms with Gasteiger partial charge in [-0.15, -0.1) is 0 Å². The number of pyridine rings is 1. The molecule has 3 N–H and O–H groups in total. The summed E-state index contributed by atoms with van der Waals surface area (Å²) >= 11 is 0. The SMILES string of the molecule is Cc1ccc(F)c(CC(=O)Cc2ccc(Oc3ccnc(-c4cc(C(=O)NCCCN5CCOC(CO)C5)c[nH]4)c3)cc2)c1. The number of ketones is 1. The van der Waals surface area contributed by atoms with Crippen LogP contribution in [0.5, 0.6) is 11.5 Å². The van der Waals surface area contributed by atoms with Gasteiger partial charge in [0.05, 0.1) is 36.3 Å². The number of hydrogen-bond donors (Lipinski definition) is 3. The molecule has 0 spiro atoms. The molecule has 44 heavy (non-hydrogen) atoms. The van der Waals surface area contributed by atoms with Crippen molar-refractivity contribution in [1.82, 2.24) is 20.2 Å². The number of aromatic nitrogens is 2. The quantitative estimate of drug-likeness (QED) is 0.194. The molecule has 0 bridgehead atoms. The summed E-state index contributed by atoms with van der Waals surface area (Å²) in [5, 5.41) is 12.2. The van der Waals surface area contributed by atoms with Gasteiger partial charge >= 0.3 is 0 Å². The zero-order chi connectivity index (χ0) is 30.9. The van der Waals surface area contributed by atoms with E-state index >= 15 is 0 Å². The van der Waals surface area contributed by atoms with Crippen LogP contribution in [0.25, 0.3) is 11.4 Å². The van der Waals surface area contributed by atoms with Crippen LogP contribution in [0.4, 0.5) is 4.39 Å². The number of aliphatic hydroxyl groups excluding tert-OH is 1. The normalized spacial score (nSPS) is 15.2. The molecule has 1 aliphatic heterocycles. The minimum absolute atomic E-state index is 0.0176. The van der Waals surface area contributed by atoms with Crippen molar-refractivity contribution in [3.05, 3.63) is 101 Å². The number of nitrogens with zero attached hydrogens (tertiary/aromatic N) is 2. The third kappa shape index (κ3) is 8.59. The van der Waals surface area contributed by atoms with Crippen LogP contribution in [0.1, 0.15) is 33.5 Å². The van der Waals surface area contributed by atoms with E-state index in [2.05, 4.69) is 20.2 Å². The topological polar surface area (TPSA) is 117 Å². The lowest BCUT2D eigenvalue weighted by Gasteiger charge is -2.31. The Bertz CT molecular complexity index is 1570. The number of nitrogens with one attached hydrogen (secondary N) is 2. The first-order valence-electron chi connectivity index (χ1n) is 14.8. The van der Waals surface area contributed by atoms with Gasteiger partial charge in [0.2, 0.25) is 0 Å². The van der Waals surface area contributed by atoms with Crippen molar-refractivity contribution in [3.63, 3.8) is 0 Å². The van der Waals surface area contributed by atoms with Crippen LogP contribution in [0, 0.1) is 12.7 Å². The fourth-order valence-electron chi connectivity index (χ4n) is 5.15. The van der Waals surface area contributed by atoms with Gasteiger partial charge in [-0.2, -0.15) is 0 Å². The Labute approximate surface area is 256 Å². The van der Waals surface area contributed by atoms with E-state index in [1.807, 2.05) is 19.1 Å². The average molecular weight is 601 g/mol. The van der Waals surface area contributed by atoms with Gasteiger partial charge in [0.1, 0.15) is 23.1 Å². The minimum Gasteiger partial charge on any atom is -0.457 e. The lowest BCUT2D eigenvalue weighted by atomic mass is 10.0. The van der Waals surface area contributed by atoms with Crippen LogP contribution < -0.4 is 10.1 Å². The van der Waals surface area contributed by atoms with Crippen molar-refractivity contribution in [2.45, 2.75) is 32.3 Å². The van der Waals surface area contributed by atoms with Gasteiger partial charge in [-0.3, -0.25) is 19.5 Å². The Morgan fingerprint density at radius 1 is 1.11 bits per heavy atom. The molecule has 1 fully saturated rings. The predicted molar refractivity (Wildman–Crippen MR) is 164 cm³/mol. The zero-order valence-electron chi connectivity index (χ0n) is 24.7. The van der Waals surface area contributed by atoms with E-state index in [1.54, 1.807) is 54.9 Å². The maximum absolute atomic E-state index is 14.0. The lowest BCUT2D eigenvalue weighted by molar-refractivity contribution is -0.117. The molecule has 1 unspecified atom stereocenters. The van der Waals surface area contributed by atoms with Crippen molar-refractivity contribution >= 4 is 11.7 Å². The van der Waals surface area contributed by atoms with E-state index in [1.165, 1.54) is 6.07 Å². The smallest absolute Gasteiger partial charge is 0.252 e. The minimum atomic E-state index is -0.364. The molecule has 4 aromatic rings. The highest BCUT2D eigenvalue weighted by Gasteiger charge is 2.19. The van der Waals surface area contributed by atoms with Crippen molar-refractivity contribution in [2.75, 3.05) is 39.4 Å². The highest BCUT2D eigenvalue weighted by atomic mass is 19.1. The van der Waals surface area contributed by atoms with Crippen LogP contribution in [0.3, 0.4) is 0 Å². The van der Waals surface area contributed by atoms with Crippen molar-refractivity contribution in [1.29, 1.82) is 0 Å². The molecule has 2 aromatic heterocycles. The summed E-state index contributed by atoms with van der Waals surface area (Å²) in [5.41, 5.74) is 3.97. The van der Waals surface area contributed by atoms with Gasteiger partial charge in [-0.1, -0.05) is 29.8 Å². The van der Waals surface area contributed by atoms with Gasteiger partial charge in [0, 0.05) is 57.5 Å². The molecule has 9 nitrogen and oxygen atoms in total. The molecule has 3 heterocycles. The number of hydrogen-bond acceptors (Lipinski definition) is 7. The summed E-state index contributed by atoms with van der Waals surface area (Å²) in [6.07, 6.45) is 4.20. The first-order valence-corrected chi connectivity index (χ1v) is 14.8. The molecule has 1 amide bonds. The number of morpholine rings is 1. The molecule has 0 saturated carbocycles. The van der Waals surface area contributed by atoms with E-state index < -0.39 is 0 Å². The summed E-state index contributed by atoms with van der Waals surface area (Å²) in [6, 6.07) is 17.3. The number of carbonyl (C=O) groups is 2. The second-order valence-electron chi connectivity index (χ2n) is 11.0. The molecule has 2 aromatic carbocycles. The number of rotatable bonds is 13. The monoisotopic (exact) mass is 600 g/mol. The zero-order valence-corrected chi connectivity index (χ0v) is 24.7. The Morgan fingerprint density at radius 2 is 1.95 bits per heavy atom. The molecule has 1 atom stereocenters. The largest absolute Gasteiger partial charge is 0.457 e. The number of Topliss-reactive ketones (excluding diaryl/α,β-unsaturated/α-hetero) is 1. The summed E-state index contributed by atoms with van der Waals surface area (Å²) in [7, 11) is 0. The fraction of sp³-hybridized carbons (Fsp3) is 0.324.